The summed E-state index contributed by atoms with van der Waals surface area (Å²) in [4.78, 5) is 0. The molecule has 1 aromatic heterocycles. The molecule has 22 heavy (non-hydrogen) atoms. The number of aromatic amines is 1. The maximum absolute atomic E-state index is 14.0. The number of aromatic nitrogens is 2. The van der Waals surface area contributed by atoms with Crippen molar-refractivity contribution >= 4 is 0 Å². The Labute approximate surface area is 129 Å². The summed E-state index contributed by atoms with van der Waals surface area (Å²) in [5.74, 6) is -0.255. The second-order valence-electron chi connectivity index (χ2n) is 6.39. The number of aliphatic hydroxyl groups is 1. The molecule has 0 radical (unpaired) electrons. The van der Waals surface area contributed by atoms with E-state index in [1.54, 1.807) is 18.3 Å². The van der Waals surface area contributed by atoms with Gasteiger partial charge < -0.3 is 10.4 Å². The Morgan fingerprint density at radius 3 is 3.05 bits per heavy atom. The Balaban J connectivity index is 1.75. The van der Waals surface area contributed by atoms with Gasteiger partial charge in [-0.05, 0) is 25.0 Å². The minimum absolute atomic E-state index is 0.0676. The molecule has 1 fully saturated rings. The van der Waals surface area contributed by atoms with Crippen LogP contribution in [0.4, 0.5) is 4.39 Å². The fraction of sp³-hybridized carbons (Fsp3) is 0.471. The van der Waals surface area contributed by atoms with Crippen LogP contribution in [0.2, 0.25) is 0 Å². The van der Waals surface area contributed by atoms with Gasteiger partial charge >= 0.3 is 0 Å². The minimum Gasteiger partial charge on any atom is -0.396 e. The molecule has 118 valence electrons. The molecule has 1 saturated carbocycles. The topological polar surface area (TPSA) is 60.9 Å². The first kappa shape index (κ1) is 15.2. The molecule has 0 bridgehead atoms. The van der Waals surface area contributed by atoms with E-state index >= 15 is 0 Å². The standard InChI is InChI=1S/C17H22FN3O/c1-17(11-22)8-4-7-15(17)19-9-12-10-20-21-16(12)13-5-2-3-6-14(13)18/h2-3,5-6,10,15,19,22H,4,7-9,11H2,1H3,(H,20,21). The molecule has 1 aliphatic rings. The van der Waals surface area contributed by atoms with E-state index in [-0.39, 0.29) is 23.9 Å². The highest BCUT2D eigenvalue weighted by atomic mass is 19.1. The number of nitrogens with one attached hydrogen (secondary N) is 2. The molecular weight excluding hydrogens is 281 g/mol. The van der Waals surface area contributed by atoms with Crippen molar-refractivity contribution < 1.29 is 9.50 Å². The van der Waals surface area contributed by atoms with Gasteiger partial charge in [-0.1, -0.05) is 25.5 Å². The summed E-state index contributed by atoms with van der Waals surface area (Å²) in [6, 6.07) is 6.97. The van der Waals surface area contributed by atoms with E-state index in [1.807, 2.05) is 6.07 Å². The first-order chi connectivity index (χ1) is 10.6. The van der Waals surface area contributed by atoms with E-state index < -0.39 is 0 Å². The highest BCUT2D eigenvalue weighted by Gasteiger charge is 2.37. The van der Waals surface area contributed by atoms with Gasteiger partial charge in [0.2, 0.25) is 0 Å². The number of nitrogens with zero attached hydrogens (tertiary/aromatic N) is 1. The van der Waals surface area contributed by atoms with Crippen LogP contribution < -0.4 is 5.32 Å². The third kappa shape index (κ3) is 2.78. The third-order valence-corrected chi connectivity index (χ3v) is 4.84. The number of H-pyrrole nitrogens is 1. The van der Waals surface area contributed by atoms with Crippen molar-refractivity contribution in [3.8, 4) is 11.3 Å². The summed E-state index contributed by atoms with van der Waals surface area (Å²) in [5, 5.41) is 20.1. The maximum Gasteiger partial charge on any atom is 0.132 e. The lowest BCUT2D eigenvalue weighted by atomic mass is 9.85. The molecular formula is C17H22FN3O. The predicted octanol–water partition coefficient (Wildman–Crippen LogP) is 2.86. The van der Waals surface area contributed by atoms with Crippen molar-refractivity contribution in [2.45, 2.75) is 38.8 Å². The van der Waals surface area contributed by atoms with Crippen molar-refractivity contribution in [2.75, 3.05) is 6.61 Å². The van der Waals surface area contributed by atoms with Crippen LogP contribution >= 0.6 is 0 Å². The highest BCUT2D eigenvalue weighted by Crippen LogP contribution is 2.37. The van der Waals surface area contributed by atoms with Crippen molar-refractivity contribution in [3.63, 3.8) is 0 Å². The summed E-state index contributed by atoms with van der Waals surface area (Å²) in [6.45, 7) is 2.92. The fourth-order valence-electron chi connectivity index (χ4n) is 3.35. The molecule has 0 spiro atoms. The van der Waals surface area contributed by atoms with Crippen LogP contribution in [-0.4, -0.2) is 28.0 Å². The van der Waals surface area contributed by atoms with Crippen molar-refractivity contribution in [1.29, 1.82) is 0 Å². The Morgan fingerprint density at radius 2 is 2.27 bits per heavy atom. The van der Waals surface area contributed by atoms with Gasteiger partial charge in [0.15, 0.2) is 0 Å². The molecule has 5 heteroatoms. The van der Waals surface area contributed by atoms with Gasteiger partial charge in [-0.25, -0.2) is 4.39 Å². The van der Waals surface area contributed by atoms with E-state index in [9.17, 15) is 9.50 Å². The summed E-state index contributed by atoms with van der Waals surface area (Å²) < 4.78 is 14.0. The van der Waals surface area contributed by atoms with Gasteiger partial charge in [-0.3, -0.25) is 5.10 Å². The van der Waals surface area contributed by atoms with Gasteiger partial charge in [0.25, 0.3) is 0 Å². The molecule has 0 saturated heterocycles. The van der Waals surface area contributed by atoms with Gasteiger partial charge in [-0.2, -0.15) is 5.10 Å². The lowest BCUT2D eigenvalue weighted by molar-refractivity contribution is 0.118. The number of aliphatic hydroxyl groups excluding tert-OH is 1. The summed E-state index contributed by atoms with van der Waals surface area (Å²) in [7, 11) is 0. The quantitative estimate of drug-likeness (QED) is 0.796. The monoisotopic (exact) mass is 303 g/mol. The maximum atomic E-state index is 14.0. The van der Waals surface area contributed by atoms with E-state index in [2.05, 4.69) is 22.4 Å². The molecule has 1 aliphatic carbocycles. The van der Waals surface area contributed by atoms with Gasteiger partial charge in [0.05, 0.1) is 11.9 Å². The van der Waals surface area contributed by atoms with Crippen molar-refractivity contribution in [2.24, 2.45) is 5.41 Å². The second kappa shape index (κ2) is 6.18. The van der Waals surface area contributed by atoms with E-state index in [0.717, 1.165) is 24.8 Å². The SMILES string of the molecule is CC1(CO)CCCC1NCc1cn[nH]c1-c1ccccc1F. The van der Waals surface area contributed by atoms with Crippen LogP contribution in [-0.2, 0) is 6.54 Å². The highest BCUT2D eigenvalue weighted by molar-refractivity contribution is 5.63. The van der Waals surface area contributed by atoms with Crippen LogP contribution in [0.5, 0.6) is 0 Å². The van der Waals surface area contributed by atoms with Crippen molar-refractivity contribution in [1.82, 2.24) is 15.5 Å². The fourth-order valence-corrected chi connectivity index (χ4v) is 3.35. The number of benzene rings is 1. The predicted molar refractivity (Wildman–Crippen MR) is 83.7 cm³/mol. The zero-order chi connectivity index (χ0) is 15.6. The third-order valence-electron chi connectivity index (χ3n) is 4.84. The zero-order valence-corrected chi connectivity index (χ0v) is 12.8. The number of rotatable bonds is 5. The Kier molecular flexibility index (Phi) is 4.27. The molecule has 1 heterocycles. The average Bonchev–Trinajstić information content (AvgIpc) is 3.13. The zero-order valence-electron chi connectivity index (χ0n) is 12.8. The first-order valence-electron chi connectivity index (χ1n) is 7.75. The minimum atomic E-state index is -0.255. The lowest BCUT2D eigenvalue weighted by Gasteiger charge is -2.30. The molecule has 0 amide bonds. The molecule has 1 aromatic carbocycles. The van der Waals surface area contributed by atoms with Crippen LogP contribution in [0.25, 0.3) is 11.3 Å². The number of hydrogen-bond acceptors (Lipinski definition) is 3. The molecule has 4 nitrogen and oxygen atoms in total. The summed E-state index contributed by atoms with van der Waals surface area (Å²) in [6.07, 6.45) is 4.96. The van der Waals surface area contributed by atoms with E-state index in [4.69, 9.17) is 0 Å². The summed E-state index contributed by atoms with van der Waals surface area (Å²) >= 11 is 0. The molecule has 3 rings (SSSR count). The molecule has 2 aromatic rings. The van der Waals surface area contributed by atoms with Crippen LogP contribution in [0.1, 0.15) is 31.7 Å². The van der Waals surface area contributed by atoms with Crippen molar-refractivity contribution in [3.05, 3.63) is 41.8 Å². The van der Waals surface area contributed by atoms with Crippen LogP contribution in [0.3, 0.4) is 0 Å². The van der Waals surface area contributed by atoms with Crippen LogP contribution in [0.15, 0.2) is 30.5 Å². The number of halogens is 1. The first-order valence-corrected chi connectivity index (χ1v) is 7.75. The molecule has 2 atom stereocenters. The Morgan fingerprint density at radius 1 is 1.45 bits per heavy atom. The normalized spacial score (nSPS) is 24.8. The Hall–Kier alpha value is -1.72. The number of hydrogen-bond donors (Lipinski definition) is 3. The summed E-state index contributed by atoms with van der Waals surface area (Å²) in [5.41, 5.74) is 2.13. The van der Waals surface area contributed by atoms with Gasteiger partial charge in [-0.15, -0.1) is 0 Å². The average molecular weight is 303 g/mol. The Bertz CT molecular complexity index is 642. The molecule has 3 N–H and O–H groups in total. The van der Waals surface area contributed by atoms with Gasteiger partial charge in [0, 0.05) is 35.7 Å². The van der Waals surface area contributed by atoms with E-state index in [1.165, 1.54) is 6.07 Å². The van der Waals surface area contributed by atoms with Crippen LogP contribution in [0, 0.1) is 11.2 Å². The molecule has 0 aliphatic heterocycles. The van der Waals surface area contributed by atoms with Gasteiger partial charge in [0.1, 0.15) is 5.82 Å². The largest absolute Gasteiger partial charge is 0.396 e. The molecule has 2 unspecified atom stereocenters. The smallest absolute Gasteiger partial charge is 0.132 e. The van der Waals surface area contributed by atoms with E-state index in [0.29, 0.717) is 17.8 Å². The second-order valence-corrected chi connectivity index (χ2v) is 6.39. The lowest BCUT2D eigenvalue weighted by Crippen LogP contribution is -2.41.